The van der Waals surface area contributed by atoms with Gasteiger partial charge < -0.3 is 24.6 Å². The molecular formula is C20H31N5O3. The van der Waals surface area contributed by atoms with Crippen LogP contribution >= 0.6 is 0 Å². The molecule has 28 heavy (non-hydrogen) atoms. The van der Waals surface area contributed by atoms with Crippen molar-refractivity contribution in [2.75, 3.05) is 20.3 Å². The van der Waals surface area contributed by atoms with Crippen molar-refractivity contribution in [2.24, 2.45) is 4.99 Å². The summed E-state index contributed by atoms with van der Waals surface area (Å²) in [5, 5.41) is 10.4. The first-order valence-corrected chi connectivity index (χ1v) is 9.68. The van der Waals surface area contributed by atoms with E-state index in [1.165, 1.54) is 5.56 Å². The molecule has 2 N–H and O–H groups in total. The van der Waals surface area contributed by atoms with Gasteiger partial charge in [-0.1, -0.05) is 24.2 Å². The van der Waals surface area contributed by atoms with Gasteiger partial charge in [-0.3, -0.25) is 4.99 Å². The van der Waals surface area contributed by atoms with Gasteiger partial charge in [-0.2, -0.15) is 4.98 Å². The number of guanidine groups is 1. The molecule has 0 saturated carbocycles. The third kappa shape index (κ3) is 6.53. The van der Waals surface area contributed by atoms with Crippen molar-refractivity contribution in [1.29, 1.82) is 0 Å². The molecule has 1 aromatic carbocycles. The molecular weight excluding hydrogens is 358 g/mol. The van der Waals surface area contributed by atoms with Crippen LogP contribution in [0.25, 0.3) is 0 Å². The number of aryl methyl sites for hydroxylation is 1. The van der Waals surface area contributed by atoms with E-state index in [1.54, 1.807) is 7.05 Å². The van der Waals surface area contributed by atoms with E-state index in [9.17, 15) is 0 Å². The van der Waals surface area contributed by atoms with Crippen molar-refractivity contribution in [3.63, 3.8) is 0 Å². The fourth-order valence-corrected chi connectivity index (χ4v) is 2.54. The number of nitrogens with one attached hydrogen (secondary N) is 2. The van der Waals surface area contributed by atoms with Gasteiger partial charge in [0.1, 0.15) is 11.9 Å². The number of hydrogen-bond acceptors (Lipinski definition) is 6. The molecule has 8 nitrogen and oxygen atoms in total. The van der Waals surface area contributed by atoms with E-state index >= 15 is 0 Å². The van der Waals surface area contributed by atoms with Crippen molar-refractivity contribution in [3.8, 4) is 5.75 Å². The zero-order valence-corrected chi connectivity index (χ0v) is 17.4. The van der Waals surface area contributed by atoms with Gasteiger partial charge in [0.25, 0.3) is 0 Å². The van der Waals surface area contributed by atoms with E-state index < -0.39 is 0 Å². The van der Waals surface area contributed by atoms with Gasteiger partial charge in [-0.15, -0.1) is 0 Å². The first kappa shape index (κ1) is 21.7. The standard InChI is InChI=1S/C20H31N5O3/c1-6-10-27-17-11-14(3)8-9-16(17)12-22-20(21-5)23-13-18-24-19(25-28-18)15(4)26-7-2/h8-9,11,15H,6-7,10,12-13H2,1-5H3,(H2,21,22,23). The zero-order chi connectivity index (χ0) is 20.4. The molecule has 0 aliphatic heterocycles. The van der Waals surface area contributed by atoms with Crippen LogP contribution in [0.5, 0.6) is 5.75 Å². The van der Waals surface area contributed by atoms with Crippen LogP contribution in [0, 0.1) is 6.92 Å². The molecule has 154 valence electrons. The van der Waals surface area contributed by atoms with Crippen LogP contribution in [0.2, 0.25) is 0 Å². The predicted octanol–water partition coefficient (Wildman–Crippen LogP) is 3.13. The Balaban J connectivity index is 1.90. The minimum absolute atomic E-state index is 0.192. The molecule has 2 rings (SSSR count). The number of nitrogens with zero attached hydrogens (tertiary/aromatic N) is 3. The monoisotopic (exact) mass is 389 g/mol. The Labute approximate surface area is 166 Å². The number of benzene rings is 1. The molecule has 0 aliphatic carbocycles. The SMILES string of the molecule is CCCOc1cc(C)ccc1CNC(=NC)NCc1nc(C(C)OCC)no1. The number of aromatic nitrogens is 2. The van der Waals surface area contributed by atoms with Crippen LogP contribution in [-0.2, 0) is 17.8 Å². The van der Waals surface area contributed by atoms with Gasteiger partial charge in [0, 0.05) is 25.8 Å². The number of rotatable bonds is 10. The van der Waals surface area contributed by atoms with Gasteiger partial charge in [-0.05, 0) is 38.8 Å². The highest BCUT2D eigenvalue weighted by atomic mass is 16.5. The Kier molecular flexibility index (Phi) is 8.74. The van der Waals surface area contributed by atoms with E-state index in [0.717, 1.165) is 17.7 Å². The number of hydrogen-bond donors (Lipinski definition) is 2. The summed E-state index contributed by atoms with van der Waals surface area (Å²) in [6.07, 6.45) is 0.779. The maximum atomic E-state index is 5.86. The summed E-state index contributed by atoms with van der Waals surface area (Å²) in [7, 11) is 1.72. The average molecular weight is 390 g/mol. The minimum Gasteiger partial charge on any atom is -0.493 e. The van der Waals surface area contributed by atoms with Gasteiger partial charge in [0.05, 0.1) is 13.2 Å². The first-order chi connectivity index (χ1) is 13.6. The fraction of sp³-hybridized carbons (Fsp3) is 0.550. The van der Waals surface area contributed by atoms with Gasteiger partial charge in [0.2, 0.25) is 5.89 Å². The number of ether oxygens (including phenoxy) is 2. The first-order valence-electron chi connectivity index (χ1n) is 9.68. The highest BCUT2D eigenvalue weighted by Gasteiger charge is 2.14. The second-order valence-corrected chi connectivity index (χ2v) is 6.38. The third-order valence-electron chi connectivity index (χ3n) is 4.03. The third-order valence-corrected chi connectivity index (χ3v) is 4.03. The molecule has 8 heteroatoms. The largest absolute Gasteiger partial charge is 0.493 e. The summed E-state index contributed by atoms with van der Waals surface area (Å²) in [6, 6.07) is 6.20. The van der Waals surface area contributed by atoms with Crippen molar-refractivity contribution in [3.05, 3.63) is 41.0 Å². The highest BCUT2D eigenvalue weighted by molar-refractivity contribution is 5.79. The van der Waals surface area contributed by atoms with E-state index in [0.29, 0.717) is 44.0 Å². The molecule has 1 aromatic heterocycles. The Morgan fingerprint density at radius 2 is 2.04 bits per heavy atom. The molecule has 1 heterocycles. The molecule has 0 amide bonds. The summed E-state index contributed by atoms with van der Waals surface area (Å²) in [5.74, 6) is 2.56. The molecule has 0 spiro atoms. The Hall–Kier alpha value is -2.61. The van der Waals surface area contributed by atoms with Crippen LogP contribution in [0.15, 0.2) is 27.7 Å². The Bertz CT molecular complexity index is 760. The zero-order valence-electron chi connectivity index (χ0n) is 17.4. The highest BCUT2D eigenvalue weighted by Crippen LogP contribution is 2.20. The van der Waals surface area contributed by atoms with Crippen molar-refractivity contribution < 1.29 is 14.0 Å². The van der Waals surface area contributed by atoms with Gasteiger partial charge in [0.15, 0.2) is 11.8 Å². The Morgan fingerprint density at radius 3 is 2.75 bits per heavy atom. The van der Waals surface area contributed by atoms with Crippen LogP contribution in [-0.4, -0.2) is 36.4 Å². The second kappa shape index (κ2) is 11.3. The molecule has 1 unspecified atom stereocenters. The van der Waals surface area contributed by atoms with Gasteiger partial charge in [-0.25, -0.2) is 0 Å². The minimum atomic E-state index is -0.192. The van der Waals surface area contributed by atoms with Crippen molar-refractivity contribution in [1.82, 2.24) is 20.8 Å². The van der Waals surface area contributed by atoms with E-state index in [4.69, 9.17) is 14.0 Å². The summed E-state index contributed by atoms with van der Waals surface area (Å²) >= 11 is 0. The fourth-order valence-electron chi connectivity index (χ4n) is 2.54. The maximum absolute atomic E-state index is 5.86. The van der Waals surface area contributed by atoms with Crippen LogP contribution in [0.4, 0.5) is 0 Å². The Morgan fingerprint density at radius 1 is 1.25 bits per heavy atom. The number of aliphatic imine (C=N–C) groups is 1. The molecule has 0 bridgehead atoms. The summed E-state index contributed by atoms with van der Waals surface area (Å²) < 4.78 is 16.6. The lowest BCUT2D eigenvalue weighted by molar-refractivity contribution is 0.0683. The average Bonchev–Trinajstić information content (AvgIpc) is 3.17. The lowest BCUT2D eigenvalue weighted by atomic mass is 10.1. The lowest BCUT2D eigenvalue weighted by Crippen LogP contribution is -2.36. The smallest absolute Gasteiger partial charge is 0.246 e. The van der Waals surface area contributed by atoms with Crippen LogP contribution in [0.3, 0.4) is 0 Å². The molecule has 0 aliphatic rings. The quantitative estimate of drug-likeness (QED) is 0.476. The second-order valence-electron chi connectivity index (χ2n) is 6.38. The molecule has 0 fully saturated rings. The van der Waals surface area contributed by atoms with Crippen molar-refractivity contribution in [2.45, 2.75) is 53.3 Å². The topological polar surface area (TPSA) is 93.8 Å². The predicted molar refractivity (Wildman–Crippen MR) is 108 cm³/mol. The molecule has 2 aromatic rings. The van der Waals surface area contributed by atoms with E-state index in [-0.39, 0.29) is 6.10 Å². The normalized spacial score (nSPS) is 12.7. The van der Waals surface area contributed by atoms with E-state index in [2.05, 4.69) is 57.8 Å². The summed E-state index contributed by atoms with van der Waals surface area (Å²) in [5.41, 5.74) is 2.25. The lowest BCUT2D eigenvalue weighted by Gasteiger charge is -2.14. The summed E-state index contributed by atoms with van der Waals surface area (Å²) in [4.78, 5) is 8.58. The van der Waals surface area contributed by atoms with Crippen LogP contribution < -0.4 is 15.4 Å². The molecule has 1 atom stereocenters. The maximum Gasteiger partial charge on any atom is 0.246 e. The van der Waals surface area contributed by atoms with Gasteiger partial charge >= 0.3 is 0 Å². The van der Waals surface area contributed by atoms with Crippen molar-refractivity contribution >= 4 is 5.96 Å². The summed E-state index contributed by atoms with van der Waals surface area (Å²) in [6.45, 7) is 10.2. The van der Waals surface area contributed by atoms with E-state index in [1.807, 2.05) is 13.8 Å². The molecule has 0 saturated heterocycles. The van der Waals surface area contributed by atoms with Crippen LogP contribution in [0.1, 0.15) is 56.1 Å². The molecule has 0 radical (unpaired) electrons.